The fraction of sp³-hybridized carbons (Fsp3) is 0.300. The number of rotatable bonds is 3. The topological polar surface area (TPSA) is 78.8 Å². The molecule has 0 aromatic carbocycles. The van der Waals surface area contributed by atoms with Gasteiger partial charge in [-0.15, -0.1) is 0 Å². The molecule has 84 valence electrons. The maximum Gasteiger partial charge on any atom is 0.185 e. The standard InChI is InChI=1S/C10H13N5O/c1-15-9(6-16-2)13-10(14-15)7-5-12-4-3-8(7)11/h3-5H,6H2,1-2H3,(H2,11,12). The maximum atomic E-state index is 5.83. The Hall–Kier alpha value is -1.95. The van der Waals surface area contributed by atoms with Crippen LogP contribution in [0.5, 0.6) is 0 Å². The summed E-state index contributed by atoms with van der Waals surface area (Å²) in [6.45, 7) is 0.420. The lowest BCUT2D eigenvalue weighted by atomic mass is 10.2. The highest BCUT2D eigenvalue weighted by Crippen LogP contribution is 2.21. The summed E-state index contributed by atoms with van der Waals surface area (Å²) in [6.07, 6.45) is 3.29. The van der Waals surface area contributed by atoms with Gasteiger partial charge in [0.2, 0.25) is 0 Å². The monoisotopic (exact) mass is 219 g/mol. The van der Waals surface area contributed by atoms with E-state index in [-0.39, 0.29) is 0 Å². The van der Waals surface area contributed by atoms with Gasteiger partial charge >= 0.3 is 0 Å². The third-order valence-electron chi connectivity index (χ3n) is 2.22. The number of pyridine rings is 1. The van der Waals surface area contributed by atoms with Gasteiger partial charge in [0.05, 0.1) is 5.56 Å². The molecule has 2 aromatic heterocycles. The highest BCUT2D eigenvalue weighted by atomic mass is 16.5. The predicted molar refractivity (Wildman–Crippen MR) is 59.4 cm³/mol. The molecule has 0 atom stereocenters. The SMILES string of the molecule is COCc1nc(-c2cnccc2N)nn1C. The van der Waals surface area contributed by atoms with Crippen LogP contribution in [0.3, 0.4) is 0 Å². The lowest BCUT2D eigenvalue weighted by Gasteiger charge is -1.98. The second-order valence-electron chi connectivity index (χ2n) is 3.37. The highest BCUT2D eigenvalue weighted by Gasteiger charge is 2.11. The molecule has 2 N–H and O–H groups in total. The molecule has 0 saturated carbocycles. The summed E-state index contributed by atoms with van der Waals surface area (Å²) in [7, 11) is 3.43. The summed E-state index contributed by atoms with van der Waals surface area (Å²) >= 11 is 0. The molecular weight excluding hydrogens is 206 g/mol. The quantitative estimate of drug-likeness (QED) is 0.818. The fourth-order valence-electron chi connectivity index (χ4n) is 1.38. The molecule has 0 radical (unpaired) electrons. The van der Waals surface area contributed by atoms with Crippen molar-refractivity contribution in [2.45, 2.75) is 6.61 Å². The first kappa shape index (κ1) is 10.6. The van der Waals surface area contributed by atoms with Crippen molar-refractivity contribution in [3.63, 3.8) is 0 Å². The van der Waals surface area contributed by atoms with Crippen molar-refractivity contribution in [2.75, 3.05) is 12.8 Å². The van der Waals surface area contributed by atoms with Crippen LogP contribution < -0.4 is 5.73 Å². The van der Waals surface area contributed by atoms with Crippen molar-refractivity contribution in [1.82, 2.24) is 19.7 Å². The molecule has 2 rings (SSSR count). The van der Waals surface area contributed by atoms with Gasteiger partial charge in [-0.25, -0.2) is 4.98 Å². The Morgan fingerprint density at radius 1 is 1.50 bits per heavy atom. The number of nitrogens with zero attached hydrogens (tertiary/aromatic N) is 4. The van der Waals surface area contributed by atoms with E-state index in [1.165, 1.54) is 0 Å². The number of nitrogens with two attached hydrogens (primary N) is 1. The van der Waals surface area contributed by atoms with E-state index >= 15 is 0 Å². The van der Waals surface area contributed by atoms with Crippen LogP contribution in [-0.2, 0) is 18.4 Å². The fourth-order valence-corrected chi connectivity index (χ4v) is 1.38. The molecule has 2 aromatic rings. The van der Waals surface area contributed by atoms with Crippen LogP contribution in [0.1, 0.15) is 5.82 Å². The number of aryl methyl sites for hydroxylation is 1. The first-order valence-electron chi connectivity index (χ1n) is 4.81. The van der Waals surface area contributed by atoms with Crippen molar-refractivity contribution < 1.29 is 4.74 Å². The second kappa shape index (κ2) is 4.28. The third kappa shape index (κ3) is 1.87. The molecule has 0 aliphatic carbocycles. The summed E-state index contributed by atoms with van der Waals surface area (Å²) in [5.74, 6) is 1.32. The van der Waals surface area contributed by atoms with E-state index in [4.69, 9.17) is 10.5 Å². The molecule has 0 unspecified atom stereocenters. The zero-order valence-corrected chi connectivity index (χ0v) is 9.21. The van der Waals surface area contributed by atoms with Crippen molar-refractivity contribution in [3.05, 3.63) is 24.3 Å². The molecule has 0 aliphatic rings. The minimum Gasteiger partial charge on any atom is -0.398 e. The van der Waals surface area contributed by atoms with Crippen molar-refractivity contribution >= 4 is 5.69 Å². The van der Waals surface area contributed by atoms with E-state index in [0.717, 1.165) is 11.4 Å². The predicted octanol–water partition coefficient (Wildman–Crippen LogP) is 0.606. The Labute approximate surface area is 93.1 Å². The van der Waals surface area contributed by atoms with Gasteiger partial charge in [0.1, 0.15) is 6.61 Å². The Morgan fingerprint density at radius 2 is 2.31 bits per heavy atom. The Bertz CT molecular complexity index is 494. The summed E-state index contributed by atoms with van der Waals surface area (Å²) < 4.78 is 6.69. The molecule has 0 spiro atoms. The van der Waals surface area contributed by atoms with E-state index in [0.29, 0.717) is 18.1 Å². The summed E-state index contributed by atoms with van der Waals surface area (Å²) in [6, 6.07) is 1.72. The van der Waals surface area contributed by atoms with Crippen molar-refractivity contribution in [1.29, 1.82) is 0 Å². The Morgan fingerprint density at radius 3 is 3.00 bits per heavy atom. The zero-order chi connectivity index (χ0) is 11.5. The first-order chi connectivity index (χ1) is 7.72. The van der Waals surface area contributed by atoms with Gasteiger partial charge in [-0.3, -0.25) is 9.67 Å². The average molecular weight is 219 g/mol. The molecule has 2 heterocycles. The van der Waals surface area contributed by atoms with E-state index in [1.54, 1.807) is 30.3 Å². The third-order valence-corrected chi connectivity index (χ3v) is 2.22. The van der Waals surface area contributed by atoms with Crippen molar-refractivity contribution in [2.24, 2.45) is 7.05 Å². The van der Waals surface area contributed by atoms with Crippen LogP contribution in [0, 0.1) is 0 Å². The zero-order valence-electron chi connectivity index (χ0n) is 9.21. The molecule has 0 saturated heterocycles. The van der Waals surface area contributed by atoms with Gasteiger partial charge in [-0.1, -0.05) is 0 Å². The van der Waals surface area contributed by atoms with Gasteiger partial charge < -0.3 is 10.5 Å². The molecule has 16 heavy (non-hydrogen) atoms. The molecular formula is C10H13N5O. The van der Waals surface area contributed by atoms with E-state index in [9.17, 15) is 0 Å². The average Bonchev–Trinajstić information content (AvgIpc) is 2.61. The number of methoxy groups -OCH3 is 1. The van der Waals surface area contributed by atoms with Crippen LogP contribution in [-0.4, -0.2) is 26.9 Å². The first-order valence-corrected chi connectivity index (χ1v) is 4.81. The molecule has 0 bridgehead atoms. The second-order valence-corrected chi connectivity index (χ2v) is 3.37. The summed E-state index contributed by atoms with van der Waals surface area (Å²) in [5, 5.41) is 4.27. The van der Waals surface area contributed by atoms with E-state index in [2.05, 4.69) is 15.1 Å². The largest absolute Gasteiger partial charge is 0.398 e. The van der Waals surface area contributed by atoms with Gasteiger partial charge in [0.15, 0.2) is 11.6 Å². The van der Waals surface area contributed by atoms with Gasteiger partial charge in [-0.05, 0) is 6.07 Å². The Kier molecular flexibility index (Phi) is 2.82. The molecule has 6 nitrogen and oxygen atoms in total. The lowest BCUT2D eigenvalue weighted by Crippen LogP contribution is -2.00. The van der Waals surface area contributed by atoms with Crippen LogP contribution >= 0.6 is 0 Å². The molecule has 0 fully saturated rings. The maximum absolute atomic E-state index is 5.83. The number of ether oxygens (including phenoxy) is 1. The number of anilines is 1. The number of aromatic nitrogens is 4. The minimum atomic E-state index is 0.420. The van der Waals surface area contributed by atoms with E-state index < -0.39 is 0 Å². The summed E-state index contributed by atoms with van der Waals surface area (Å²) in [4.78, 5) is 8.34. The smallest absolute Gasteiger partial charge is 0.185 e. The van der Waals surface area contributed by atoms with Gasteiger partial charge in [0.25, 0.3) is 0 Å². The number of hydrogen-bond donors (Lipinski definition) is 1. The summed E-state index contributed by atoms with van der Waals surface area (Å²) in [5.41, 5.74) is 7.18. The molecule has 0 aliphatic heterocycles. The lowest BCUT2D eigenvalue weighted by molar-refractivity contribution is 0.174. The van der Waals surface area contributed by atoms with E-state index in [1.807, 2.05) is 7.05 Å². The highest BCUT2D eigenvalue weighted by molar-refractivity contribution is 5.69. The molecule has 6 heteroatoms. The normalized spacial score (nSPS) is 10.6. The van der Waals surface area contributed by atoms with Crippen LogP contribution in [0.25, 0.3) is 11.4 Å². The van der Waals surface area contributed by atoms with Crippen LogP contribution in [0.2, 0.25) is 0 Å². The number of hydrogen-bond acceptors (Lipinski definition) is 5. The van der Waals surface area contributed by atoms with Gasteiger partial charge in [0, 0.05) is 32.2 Å². The molecule has 0 amide bonds. The van der Waals surface area contributed by atoms with Crippen LogP contribution in [0.4, 0.5) is 5.69 Å². The van der Waals surface area contributed by atoms with Gasteiger partial charge in [-0.2, -0.15) is 5.10 Å². The number of nitrogen functional groups attached to an aromatic ring is 1. The Balaban J connectivity index is 2.42. The van der Waals surface area contributed by atoms with Crippen LogP contribution in [0.15, 0.2) is 18.5 Å². The minimum absolute atomic E-state index is 0.420. The van der Waals surface area contributed by atoms with Crippen molar-refractivity contribution in [3.8, 4) is 11.4 Å².